The third-order valence-electron chi connectivity index (χ3n) is 5.03. The Morgan fingerprint density at radius 2 is 1.84 bits per heavy atom. The van der Waals surface area contributed by atoms with Crippen LogP contribution in [-0.4, -0.2) is 32.7 Å². The van der Waals surface area contributed by atoms with Gasteiger partial charge in [0, 0.05) is 23.5 Å². The smallest absolute Gasteiger partial charge is 0.256 e. The molecule has 0 atom stereocenters. The number of nitrogens with two attached hydrogens (primary N) is 1. The first-order valence-electron chi connectivity index (χ1n) is 10.1. The molecular formula is C24H20N6O. The molecule has 1 aliphatic rings. The Morgan fingerprint density at radius 1 is 0.968 bits per heavy atom. The number of carbonyl (C=O) groups excluding carboxylic acids is 1. The van der Waals surface area contributed by atoms with E-state index in [0.29, 0.717) is 29.0 Å². The largest absolute Gasteiger partial charge is 0.382 e. The highest BCUT2D eigenvalue weighted by Crippen LogP contribution is 2.24. The third kappa shape index (κ3) is 4.25. The first kappa shape index (κ1) is 18.9. The van der Waals surface area contributed by atoms with Crippen molar-refractivity contribution in [1.82, 2.24) is 15.0 Å². The number of nitrogens with zero attached hydrogens (tertiary/aromatic N) is 4. The maximum atomic E-state index is 12.8. The average molecular weight is 408 g/mol. The molecule has 1 saturated carbocycles. The molecule has 4 aromatic rings. The van der Waals surface area contributed by atoms with Crippen molar-refractivity contribution >= 4 is 28.6 Å². The van der Waals surface area contributed by atoms with Crippen molar-refractivity contribution in [2.75, 3.05) is 5.32 Å². The zero-order valence-corrected chi connectivity index (χ0v) is 16.7. The number of amides is 1. The zero-order chi connectivity index (χ0) is 21.2. The summed E-state index contributed by atoms with van der Waals surface area (Å²) in [7, 11) is 0. The van der Waals surface area contributed by atoms with E-state index in [4.69, 9.17) is 5.73 Å². The van der Waals surface area contributed by atoms with Crippen LogP contribution in [0.1, 0.15) is 28.9 Å². The minimum atomic E-state index is -0.254. The molecule has 1 fully saturated rings. The predicted octanol–water partition coefficient (Wildman–Crippen LogP) is 3.81. The fourth-order valence-corrected chi connectivity index (χ4v) is 3.25. The second-order valence-corrected chi connectivity index (χ2v) is 7.45. The number of hydrogen-bond acceptors (Lipinski definition) is 5. The Hall–Kier alpha value is -4.13. The molecule has 7 nitrogen and oxygen atoms in total. The highest BCUT2D eigenvalue weighted by Gasteiger charge is 2.21. The summed E-state index contributed by atoms with van der Waals surface area (Å²) in [4.78, 5) is 30.5. The van der Waals surface area contributed by atoms with Crippen LogP contribution in [0.5, 0.6) is 0 Å². The lowest BCUT2D eigenvalue weighted by Crippen LogP contribution is -2.18. The van der Waals surface area contributed by atoms with Gasteiger partial charge in [-0.25, -0.2) is 4.98 Å². The number of nitrogens with one attached hydrogen (secondary N) is 1. The summed E-state index contributed by atoms with van der Waals surface area (Å²) in [6.45, 7) is 0. The van der Waals surface area contributed by atoms with Gasteiger partial charge in [-0.05, 0) is 60.9 Å². The van der Waals surface area contributed by atoms with Crippen LogP contribution >= 0.6 is 0 Å². The van der Waals surface area contributed by atoms with Gasteiger partial charge in [0.15, 0.2) is 0 Å². The third-order valence-corrected chi connectivity index (χ3v) is 5.03. The number of rotatable bonds is 5. The van der Waals surface area contributed by atoms with Gasteiger partial charge >= 0.3 is 0 Å². The molecule has 1 aromatic carbocycles. The lowest BCUT2D eigenvalue weighted by molar-refractivity contribution is 0.102. The first-order chi connectivity index (χ1) is 15.2. The van der Waals surface area contributed by atoms with E-state index in [1.54, 1.807) is 36.7 Å². The SMILES string of the molecule is NC(=NC1CC1)c1cccc(NC(=O)c2cccc(-c3cnc4cccnc4c3)c2)n1. The quantitative estimate of drug-likeness (QED) is 0.386. The van der Waals surface area contributed by atoms with E-state index in [2.05, 4.69) is 25.3 Å². The van der Waals surface area contributed by atoms with Crippen LogP contribution in [0.3, 0.4) is 0 Å². The van der Waals surface area contributed by atoms with Gasteiger partial charge in [-0.15, -0.1) is 0 Å². The van der Waals surface area contributed by atoms with Crippen LogP contribution < -0.4 is 11.1 Å². The standard InChI is InChI=1S/C24H20N6O/c25-23(28-18-9-10-18)20-6-2-8-22(29-20)30-24(31)16-5-1-4-15(12-16)17-13-21-19(27-14-17)7-3-11-26-21/h1-8,11-14,18H,9-10H2,(H2,25,28)(H,29,30,31). The van der Waals surface area contributed by atoms with Crippen molar-refractivity contribution in [2.45, 2.75) is 18.9 Å². The lowest BCUT2D eigenvalue weighted by atomic mass is 10.0. The average Bonchev–Trinajstić information content (AvgIpc) is 3.63. The van der Waals surface area contributed by atoms with Crippen molar-refractivity contribution in [3.63, 3.8) is 0 Å². The van der Waals surface area contributed by atoms with Crippen LogP contribution in [0.4, 0.5) is 5.82 Å². The summed E-state index contributed by atoms with van der Waals surface area (Å²) < 4.78 is 0. The molecule has 0 spiro atoms. The summed E-state index contributed by atoms with van der Waals surface area (Å²) in [5, 5.41) is 2.84. The molecule has 1 amide bonds. The van der Waals surface area contributed by atoms with Crippen molar-refractivity contribution in [2.24, 2.45) is 10.7 Å². The summed E-state index contributed by atoms with van der Waals surface area (Å²) in [6.07, 6.45) is 5.65. The van der Waals surface area contributed by atoms with Crippen LogP contribution in [0.2, 0.25) is 0 Å². The highest BCUT2D eigenvalue weighted by atomic mass is 16.1. The molecule has 5 rings (SSSR count). The Balaban J connectivity index is 1.37. The molecule has 1 aliphatic carbocycles. The van der Waals surface area contributed by atoms with Gasteiger partial charge in [-0.1, -0.05) is 18.2 Å². The molecule has 0 aliphatic heterocycles. The number of carbonyl (C=O) groups is 1. The molecule has 152 valence electrons. The van der Waals surface area contributed by atoms with E-state index in [1.165, 1.54) is 0 Å². The molecule has 0 radical (unpaired) electrons. The van der Waals surface area contributed by atoms with Gasteiger partial charge in [-0.2, -0.15) is 0 Å². The number of benzene rings is 1. The van der Waals surface area contributed by atoms with Crippen LogP contribution in [0.25, 0.3) is 22.2 Å². The maximum absolute atomic E-state index is 12.8. The minimum Gasteiger partial charge on any atom is -0.382 e. The topological polar surface area (TPSA) is 106 Å². The predicted molar refractivity (Wildman–Crippen MR) is 121 cm³/mol. The summed E-state index contributed by atoms with van der Waals surface area (Å²) in [5.74, 6) is 0.576. The van der Waals surface area contributed by atoms with Gasteiger partial charge < -0.3 is 11.1 Å². The second kappa shape index (κ2) is 7.95. The van der Waals surface area contributed by atoms with E-state index < -0.39 is 0 Å². The Bertz CT molecular complexity index is 1310. The number of anilines is 1. The van der Waals surface area contributed by atoms with E-state index in [0.717, 1.165) is 35.0 Å². The molecule has 31 heavy (non-hydrogen) atoms. The lowest BCUT2D eigenvalue weighted by Gasteiger charge is -2.08. The first-order valence-corrected chi connectivity index (χ1v) is 10.1. The van der Waals surface area contributed by atoms with E-state index >= 15 is 0 Å². The van der Waals surface area contributed by atoms with E-state index in [9.17, 15) is 4.79 Å². The molecule has 0 saturated heterocycles. The summed E-state index contributed by atoms with van der Waals surface area (Å²) >= 11 is 0. The van der Waals surface area contributed by atoms with Gasteiger partial charge in [-0.3, -0.25) is 19.8 Å². The number of pyridine rings is 3. The molecular weight excluding hydrogens is 388 g/mol. The number of amidine groups is 1. The molecule has 3 heterocycles. The van der Waals surface area contributed by atoms with E-state index in [1.807, 2.05) is 36.4 Å². The summed E-state index contributed by atoms with van der Waals surface area (Å²) in [5.41, 5.74) is 10.5. The number of hydrogen-bond donors (Lipinski definition) is 2. The molecule has 0 bridgehead atoms. The van der Waals surface area contributed by atoms with E-state index in [-0.39, 0.29) is 5.91 Å². The van der Waals surface area contributed by atoms with Gasteiger partial charge in [0.2, 0.25) is 0 Å². The summed E-state index contributed by atoms with van der Waals surface area (Å²) in [6, 6.07) is 18.7. The highest BCUT2D eigenvalue weighted by molar-refractivity contribution is 6.05. The van der Waals surface area contributed by atoms with Crippen LogP contribution in [0.15, 0.2) is 78.0 Å². The molecule has 3 N–H and O–H groups in total. The Labute approximate surface area is 179 Å². The molecule has 3 aromatic heterocycles. The minimum absolute atomic E-state index is 0.254. The Morgan fingerprint density at radius 3 is 2.71 bits per heavy atom. The van der Waals surface area contributed by atoms with Gasteiger partial charge in [0.25, 0.3) is 5.91 Å². The van der Waals surface area contributed by atoms with Crippen molar-refractivity contribution in [3.05, 3.63) is 84.3 Å². The number of fused-ring (bicyclic) bond motifs is 1. The van der Waals surface area contributed by atoms with Crippen LogP contribution in [-0.2, 0) is 0 Å². The molecule has 7 heteroatoms. The number of aromatic nitrogens is 3. The van der Waals surface area contributed by atoms with Gasteiger partial charge in [0.1, 0.15) is 17.3 Å². The second-order valence-electron chi connectivity index (χ2n) is 7.45. The Kier molecular flexibility index (Phi) is 4.84. The zero-order valence-electron chi connectivity index (χ0n) is 16.7. The van der Waals surface area contributed by atoms with Gasteiger partial charge in [0.05, 0.1) is 17.1 Å². The van der Waals surface area contributed by atoms with Crippen molar-refractivity contribution < 1.29 is 4.79 Å². The van der Waals surface area contributed by atoms with Crippen LogP contribution in [0, 0.1) is 0 Å². The fraction of sp³-hybridized carbons (Fsp3) is 0.125. The monoisotopic (exact) mass is 408 g/mol. The molecule has 0 unspecified atom stereocenters. The number of aliphatic imine (C=N–C) groups is 1. The maximum Gasteiger partial charge on any atom is 0.256 e. The fourth-order valence-electron chi connectivity index (χ4n) is 3.25. The van der Waals surface area contributed by atoms with Crippen molar-refractivity contribution in [3.8, 4) is 11.1 Å². The van der Waals surface area contributed by atoms with Crippen molar-refractivity contribution in [1.29, 1.82) is 0 Å². The normalized spacial score (nSPS) is 13.9.